The Morgan fingerprint density at radius 1 is 1.24 bits per heavy atom. The van der Waals surface area contributed by atoms with Crippen molar-refractivity contribution in [1.82, 2.24) is 0 Å². The molecule has 0 fully saturated rings. The number of aliphatic hydroxyl groups is 1. The Bertz CT molecular complexity index is 622. The second-order valence-electron chi connectivity index (χ2n) is 4.76. The van der Waals surface area contributed by atoms with Crippen molar-refractivity contribution < 1.29 is 19.4 Å². The summed E-state index contributed by atoms with van der Waals surface area (Å²) in [6.07, 6.45) is -0.0406. The molecule has 4 heteroatoms. The highest BCUT2D eigenvalue weighted by molar-refractivity contribution is 5.79. The van der Waals surface area contributed by atoms with Crippen molar-refractivity contribution in [3.8, 4) is 11.5 Å². The van der Waals surface area contributed by atoms with Gasteiger partial charge in [0.15, 0.2) is 6.29 Å². The minimum absolute atomic E-state index is 0.0665. The second kappa shape index (κ2) is 6.90. The van der Waals surface area contributed by atoms with E-state index in [1.165, 1.54) is 0 Å². The van der Waals surface area contributed by atoms with Crippen LogP contribution in [0.5, 0.6) is 11.5 Å². The van der Waals surface area contributed by atoms with E-state index in [1.54, 1.807) is 37.4 Å². The summed E-state index contributed by atoms with van der Waals surface area (Å²) in [5, 5.41) is 10.2. The molecule has 1 atom stereocenters. The Labute approximate surface area is 123 Å². The Hall–Kier alpha value is -2.33. The zero-order chi connectivity index (χ0) is 15.2. The van der Waals surface area contributed by atoms with Crippen LogP contribution in [0, 0.1) is 6.92 Å². The van der Waals surface area contributed by atoms with Crippen LogP contribution >= 0.6 is 0 Å². The third-order valence-electron chi connectivity index (χ3n) is 3.17. The molecule has 0 saturated heterocycles. The van der Waals surface area contributed by atoms with Gasteiger partial charge in [-0.15, -0.1) is 0 Å². The first kappa shape index (κ1) is 15.1. The number of methoxy groups -OCH3 is 1. The normalized spacial score (nSPS) is 11.8. The molecule has 1 unspecified atom stereocenters. The molecule has 4 nitrogen and oxygen atoms in total. The molecule has 2 aromatic rings. The monoisotopic (exact) mass is 286 g/mol. The lowest BCUT2D eigenvalue weighted by molar-refractivity contribution is 0.104. The van der Waals surface area contributed by atoms with Crippen molar-refractivity contribution in [1.29, 1.82) is 0 Å². The maximum atomic E-state index is 11.0. The van der Waals surface area contributed by atoms with Crippen LogP contribution in [0.3, 0.4) is 0 Å². The van der Waals surface area contributed by atoms with Gasteiger partial charge in [-0.2, -0.15) is 0 Å². The van der Waals surface area contributed by atoms with Gasteiger partial charge in [0.05, 0.1) is 12.7 Å². The predicted octanol–water partition coefficient (Wildman–Crippen LogP) is 2.93. The van der Waals surface area contributed by atoms with E-state index in [0.29, 0.717) is 22.6 Å². The lowest BCUT2D eigenvalue weighted by atomic mass is 10.1. The number of aliphatic hydroxyl groups excluding tert-OH is 1. The molecule has 0 amide bonds. The Balaban J connectivity index is 2.07. The molecule has 2 rings (SSSR count). The van der Waals surface area contributed by atoms with E-state index in [9.17, 15) is 9.90 Å². The molecule has 0 bridgehead atoms. The highest BCUT2D eigenvalue weighted by Gasteiger charge is 2.11. The number of benzene rings is 2. The summed E-state index contributed by atoms with van der Waals surface area (Å²) < 4.78 is 10.7. The molecule has 0 aromatic heterocycles. The summed E-state index contributed by atoms with van der Waals surface area (Å²) >= 11 is 0. The lowest BCUT2D eigenvalue weighted by Gasteiger charge is -2.14. The number of carbonyl (C=O) groups is 1. The molecule has 1 N–H and O–H groups in total. The quantitative estimate of drug-likeness (QED) is 0.830. The van der Waals surface area contributed by atoms with E-state index >= 15 is 0 Å². The third-order valence-corrected chi connectivity index (χ3v) is 3.17. The second-order valence-corrected chi connectivity index (χ2v) is 4.76. The minimum Gasteiger partial charge on any atom is -0.497 e. The number of carbonyl (C=O) groups excluding carboxylic acids is 1. The lowest BCUT2D eigenvalue weighted by Crippen LogP contribution is -2.10. The summed E-state index contributed by atoms with van der Waals surface area (Å²) in [5.74, 6) is 1.15. The van der Waals surface area contributed by atoms with Gasteiger partial charge in [0, 0.05) is 0 Å². The summed E-state index contributed by atoms with van der Waals surface area (Å²) in [7, 11) is 1.57. The van der Waals surface area contributed by atoms with E-state index in [4.69, 9.17) is 9.47 Å². The Kier molecular flexibility index (Phi) is 4.95. The summed E-state index contributed by atoms with van der Waals surface area (Å²) in [5.41, 5.74) is 2.17. The first-order valence-corrected chi connectivity index (χ1v) is 6.64. The Morgan fingerprint density at radius 2 is 2.05 bits per heavy atom. The summed E-state index contributed by atoms with van der Waals surface area (Å²) in [6, 6.07) is 12.5. The van der Waals surface area contributed by atoms with Gasteiger partial charge >= 0.3 is 0 Å². The number of aryl methyl sites for hydroxylation is 1. The molecule has 2 aromatic carbocycles. The van der Waals surface area contributed by atoms with Crippen LogP contribution in [0.1, 0.15) is 27.6 Å². The SMILES string of the molecule is COc1cccc(C(O)COc2ccc(C)cc2C=O)c1. The standard InChI is InChI=1S/C17H18O4/c1-12-6-7-17(14(8-12)10-18)21-11-16(19)13-4-3-5-15(9-13)20-2/h3-10,16,19H,11H2,1-2H3. The smallest absolute Gasteiger partial charge is 0.153 e. The predicted molar refractivity (Wildman–Crippen MR) is 80.0 cm³/mol. The summed E-state index contributed by atoms with van der Waals surface area (Å²) in [6.45, 7) is 1.97. The van der Waals surface area contributed by atoms with Crippen LogP contribution < -0.4 is 9.47 Å². The van der Waals surface area contributed by atoms with Gasteiger partial charge in [0.25, 0.3) is 0 Å². The van der Waals surface area contributed by atoms with E-state index in [0.717, 1.165) is 11.8 Å². The topological polar surface area (TPSA) is 55.8 Å². The van der Waals surface area contributed by atoms with Crippen LogP contribution in [-0.2, 0) is 0 Å². The number of hydrogen-bond acceptors (Lipinski definition) is 4. The molecule has 0 aliphatic heterocycles. The first-order chi connectivity index (χ1) is 10.1. The maximum Gasteiger partial charge on any atom is 0.153 e. The fourth-order valence-corrected chi connectivity index (χ4v) is 2.01. The molecule has 0 radical (unpaired) electrons. The van der Waals surface area contributed by atoms with Crippen LogP contribution in [0.25, 0.3) is 0 Å². The van der Waals surface area contributed by atoms with Gasteiger partial charge in [-0.1, -0.05) is 23.8 Å². The molecule has 110 valence electrons. The van der Waals surface area contributed by atoms with E-state index < -0.39 is 6.10 Å². The molecule has 0 heterocycles. The number of ether oxygens (including phenoxy) is 2. The summed E-state index contributed by atoms with van der Waals surface area (Å²) in [4.78, 5) is 11.0. The molecule has 0 aliphatic rings. The zero-order valence-corrected chi connectivity index (χ0v) is 12.1. The first-order valence-electron chi connectivity index (χ1n) is 6.64. The minimum atomic E-state index is -0.791. The highest BCUT2D eigenvalue weighted by Crippen LogP contribution is 2.22. The molecule has 0 aliphatic carbocycles. The maximum absolute atomic E-state index is 11.0. The highest BCUT2D eigenvalue weighted by atomic mass is 16.5. The zero-order valence-electron chi connectivity index (χ0n) is 12.1. The van der Waals surface area contributed by atoms with E-state index in [1.807, 2.05) is 19.1 Å². The fourth-order valence-electron chi connectivity index (χ4n) is 2.01. The van der Waals surface area contributed by atoms with Crippen molar-refractivity contribution >= 4 is 6.29 Å². The molecular weight excluding hydrogens is 268 g/mol. The van der Waals surface area contributed by atoms with Crippen LogP contribution in [0.15, 0.2) is 42.5 Å². The van der Waals surface area contributed by atoms with Crippen LogP contribution in [0.4, 0.5) is 0 Å². The van der Waals surface area contributed by atoms with Gasteiger partial charge in [0.1, 0.15) is 24.2 Å². The average molecular weight is 286 g/mol. The third kappa shape index (κ3) is 3.83. The van der Waals surface area contributed by atoms with Crippen molar-refractivity contribution in [2.24, 2.45) is 0 Å². The Morgan fingerprint density at radius 3 is 2.76 bits per heavy atom. The fraction of sp³-hybridized carbons (Fsp3) is 0.235. The molecule has 0 saturated carbocycles. The van der Waals surface area contributed by atoms with E-state index in [2.05, 4.69) is 0 Å². The molecular formula is C17H18O4. The van der Waals surface area contributed by atoms with Crippen molar-refractivity contribution in [3.63, 3.8) is 0 Å². The molecule has 0 spiro atoms. The van der Waals surface area contributed by atoms with E-state index in [-0.39, 0.29) is 6.61 Å². The van der Waals surface area contributed by atoms with Gasteiger partial charge < -0.3 is 14.6 Å². The van der Waals surface area contributed by atoms with Crippen molar-refractivity contribution in [2.75, 3.05) is 13.7 Å². The number of rotatable bonds is 6. The van der Waals surface area contributed by atoms with Crippen molar-refractivity contribution in [2.45, 2.75) is 13.0 Å². The number of hydrogen-bond donors (Lipinski definition) is 1. The molecule has 21 heavy (non-hydrogen) atoms. The number of aldehydes is 1. The average Bonchev–Trinajstić information content (AvgIpc) is 2.53. The van der Waals surface area contributed by atoms with Crippen LogP contribution in [-0.4, -0.2) is 25.1 Å². The van der Waals surface area contributed by atoms with Gasteiger partial charge in [-0.05, 0) is 36.8 Å². The van der Waals surface area contributed by atoms with Gasteiger partial charge in [-0.25, -0.2) is 0 Å². The van der Waals surface area contributed by atoms with Crippen LogP contribution in [0.2, 0.25) is 0 Å². The largest absolute Gasteiger partial charge is 0.497 e. The van der Waals surface area contributed by atoms with Crippen molar-refractivity contribution in [3.05, 3.63) is 59.2 Å². The van der Waals surface area contributed by atoms with Gasteiger partial charge in [0.2, 0.25) is 0 Å². The van der Waals surface area contributed by atoms with Gasteiger partial charge in [-0.3, -0.25) is 4.79 Å².